The second-order valence-corrected chi connectivity index (χ2v) is 6.73. The van der Waals surface area contributed by atoms with Crippen molar-refractivity contribution in [3.05, 3.63) is 77.3 Å². The molecule has 0 aliphatic heterocycles. The molecule has 6 nitrogen and oxygen atoms in total. The number of methoxy groups -OCH3 is 1. The number of para-hydroxylation sites is 1. The minimum Gasteiger partial charge on any atom is -0.495 e. The first-order valence-electron chi connectivity index (χ1n) is 8.81. The zero-order valence-corrected chi connectivity index (χ0v) is 16.7. The summed E-state index contributed by atoms with van der Waals surface area (Å²) in [5.41, 5.74) is 8.48. The van der Waals surface area contributed by atoms with Gasteiger partial charge in [-0.15, -0.1) is 0 Å². The molecular formula is C22H20ClN3O3. The number of nitrogens with two attached hydrogens (primary N) is 1. The van der Waals surface area contributed by atoms with E-state index in [4.69, 9.17) is 22.1 Å². The smallest absolute Gasteiger partial charge is 0.321 e. The maximum absolute atomic E-state index is 13.1. The van der Waals surface area contributed by atoms with Gasteiger partial charge in [0.05, 0.1) is 12.8 Å². The highest BCUT2D eigenvalue weighted by Crippen LogP contribution is 2.32. The molecule has 7 heteroatoms. The van der Waals surface area contributed by atoms with Gasteiger partial charge in [-0.2, -0.15) is 0 Å². The van der Waals surface area contributed by atoms with E-state index in [1.165, 1.54) is 12.0 Å². The van der Waals surface area contributed by atoms with Gasteiger partial charge in [-0.1, -0.05) is 29.8 Å². The van der Waals surface area contributed by atoms with Crippen LogP contribution in [0.15, 0.2) is 66.7 Å². The van der Waals surface area contributed by atoms with Gasteiger partial charge in [0.2, 0.25) is 0 Å². The quantitative estimate of drug-likeness (QED) is 0.489. The van der Waals surface area contributed by atoms with Crippen LogP contribution in [0.4, 0.5) is 22.7 Å². The lowest BCUT2D eigenvalue weighted by molar-refractivity contribution is -0.134. The Bertz CT molecular complexity index is 1040. The third-order valence-electron chi connectivity index (χ3n) is 4.29. The molecule has 0 aliphatic carbocycles. The van der Waals surface area contributed by atoms with E-state index in [1.807, 2.05) is 6.07 Å². The average molecular weight is 410 g/mol. The summed E-state index contributed by atoms with van der Waals surface area (Å²) in [6.07, 6.45) is 0. The maximum atomic E-state index is 13.1. The molecule has 3 N–H and O–H groups in total. The first-order chi connectivity index (χ1) is 13.9. The molecule has 0 bridgehead atoms. The second kappa shape index (κ2) is 8.67. The van der Waals surface area contributed by atoms with E-state index in [2.05, 4.69) is 5.32 Å². The number of aryl methyl sites for hydroxylation is 1. The Hall–Kier alpha value is -3.51. The Morgan fingerprint density at radius 3 is 2.24 bits per heavy atom. The third-order valence-corrected chi connectivity index (χ3v) is 4.70. The van der Waals surface area contributed by atoms with E-state index >= 15 is 0 Å². The van der Waals surface area contributed by atoms with Crippen molar-refractivity contribution in [2.75, 3.05) is 23.1 Å². The molecule has 29 heavy (non-hydrogen) atoms. The number of nitrogens with zero attached hydrogens (tertiary/aromatic N) is 1. The number of anilines is 4. The van der Waals surface area contributed by atoms with Crippen LogP contribution in [0.1, 0.15) is 5.56 Å². The van der Waals surface area contributed by atoms with Crippen LogP contribution in [0.25, 0.3) is 0 Å². The van der Waals surface area contributed by atoms with Gasteiger partial charge < -0.3 is 15.8 Å². The number of nitrogen functional groups attached to an aromatic ring is 1. The number of hydrogen-bond donors (Lipinski definition) is 2. The normalized spacial score (nSPS) is 10.3. The van der Waals surface area contributed by atoms with Gasteiger partial charge >= 0.3 is 11.8 Å². The number of amides is 2. The summed E-state index contributed by atoms with van der Waals surface area (Å²) in [6, 6.07) is 18.8. The van der Waals surface area contributed by atoms with Gasteiger partial charge in [-0.3, -0.25) is 14.5 Å². The summed E-state index contributed by atoms with van der Waals surface area (Å²) in [7, 11) is 1.46. The summed E-state index contributed by atoms with van der Waals surface area (Å²) >= 11 is 6.11. The molecule has 0 unspecified atom stereocenters. The minimum absolute atomic E-state index is 0.359. The number of rotatable bonds is 4. The molecular weight excluding hydrogens is 390 g/mol. The van der Waals surface area contributed by atoms with Crippen LogP contribution in [0, 0.1) is 6.92 Å². The fraction of sp³-hybridized carbons (Fsp3) is 0.0909. The number of nitrogens with one attached hydrogen (secondary N) is 1. The molecule has 0 atom stereocenters. The van der Waals surface area contributed by atoms with Crippen LogP contribution in [0.3, 0.4) is 0 Å². The Morgan fingerprint density at radius 1 is 1.00 bits per heavy atom. The van der Waals surface area contributed by atoms with Gasteiger partial charge in [0.15, 0.2) is 0 Å². The molecule has 2 amide bonds. The van der Waals surface area contributed by atoms with E-state index < -0.39 is 11.8 Å². The highest BCUT2D eigenvalue weighted by molar-refractivity contribution is 6.46. The predicted molar refractivity (Wildman–Crippen MR) is 116 cm³/mol. The number of ether oxygens (including phenoxy) is 1. The minimum atomic E-state index is -0.814. The lowest BCUT2D eigenvalue weighted by Gasteiger charge is -2.23. The van der Waals surface area contributed by atoms with Crippen LogP contribution in [0.2, 0.25) is 5.02 Å². The van der Waals surface area contributed by atoms with E-state index in [1.54, 1.807) is 67.6 Å². The summed E-state index contributed by atoms with van der Waals surface area (Å²) < 4.78 is 5.27. The summed E-state index contributed by atoms with van der Waals surface area (Å²) in [5, 5.41) is 3.12. The second-order valence-electron chi connectivity index (χ2n) is 6.32. The molecule has 0 spiro atoms. The lowest BCUT2D eigenvalue weighted by atomic mass is 10.2. The van der Waals surface area contributed by atoms with Gasteiger partial charge in [0.1, 0.15) is 5.75 Å². The van der Waals surface area contributed by atoms with Crippen molar-refractivity contribution in [1.29, 1.82) is 0 Å². The van der Waals surface area contributed by atoms with Gasteiger partial charge in [0.25, 0.3) is 0 Å². The molecule has 3 aromatic carbocycles. The van der Waals surface area contributed by atoms with Crippen molar-refractivity contribution in [3.8, 4) is 5.75 Å². The molecule has 0 aliphatic rings. The molecule has 3 aromatic rings. The van der Waals surface area contributed by atoms with Gasteiger partial charge in [-0.25, -0.2) is 0 Å². The molecule has 148 valence electrons. The van der Waals surface area contributed by atoms with Crippen molar-refractivity contribution in [1.82, 2.24) is 0 Å². The van der Waals surface area contributed by atoms with Gasteiger partial charge in [-0.05, 0) is 55.0 Å². The van der Waals surface area contributed by atoms with Crippen molar-refractivity contribution < 1.29 is 14.3 Å². The van der Waals surface area contributed by atoms with Crippen molar-refractivity contribution in [2.24, 2.45) is 0 Å². The van der Waals surface area contributed by atoms with Crippen molar-refractivity contribution >= 4 is 46.2 Å². The summed E-state index contributed by atoms with van der Waals surface area (Å²) in [5.74, 6) is -1.21. The van der Waals surface area contributed by atoms with Crippen LogP contribution < -0.4 is 20.7 Å². The SMILES string of the molecule is COc1cc(Cl)c(C)cc1NC(=O)C(=O)N(c1ccccc1)c1ccc(N)cc1. The van der Waals surface area contributed by atoms with Crippen LogP contribution >= 0.6 is 11.6 Å². The number of hydrogen-bond acceptors (Lipinski definition) is 4. The van der Waals surface area contributed by atoms with E-state index in [-0.39, 0.29) is 0 Å². The number of carbonyl (C=O) groups is 2. The lowest BCUT2D eigenvalue weighted by Crippen LogP contribution is -2.36. The highest BCUT2D eigenvalue weighted by atomic mass is 35.5. The molecule has 0 saturated carbocycles. The largest absolute Gasteiger partial charge is 0.495 e. The molecule has 3 rings (SSSR count). The topological polar surface area (TPSA) is 84.7 Å². The van der Waals surface area contributed by atoms with E-state index in [0.29, 0.717) is 33.5 Å². The number of benzene rings is 3. The highest BCUT2D eigenvalue weighted by Gasteiger charge is 2.26. The predicted octanol–water partition coefficient (Wildman–Crippen LogP) is 4.54. The zero-order chi connectivity index (χ0) is 21.0. The standard InChI is InChI=1S/C22H20ClN3O3/c1-14-12-19(20(29-2)13-18(14)23)25-21(27)22(28)26(16-6-4-3-5-7-16)17-10-8-15(24)9-11-17/h3-13H,24H2,1-2H3,(H,25,27). The fourth-order valence-electron chi connectivity index (χ4n) is 2.79. The monoisotopic (exact) mass is 409 g/mol. The Balaban J connectivity index is 1.95. The molecule has 0 saturated heterocycles. The third kappa shape index (κ3) is 4.50. The number of carbonyl (C=O) groups excluding carboxylic acids is 2. The van der Waals surface area contributed by atoms with Gasteiger partial charge in [0, 0.05) is 28.2 Å². The van der Waals surface area contributed by atoms with Crippen molar-refractivity contribution in [3.63, 3.8) is 0 Å². The van der Waals surface area contributed by atoms with E-state index in [9.17, 15) is 9.59 Å². The maximum Gasteiger partial charge on any atom is 0.321 e. The first-order valence-corrected chi connectivity index (χ1v) is 9.18. The zero-order valence-electron chi connectivity index (χ0n) is 16.0. The van der Waals surface area contributed by atoms with Crippen molar-refractivity contribution in [2.45, 2.75) is 6.92 Å². The fourth-order valence-corrected chi connectivity index (χ4v) is 2.94. The summed E-state index contributed by atoms with van der Waals surface area (Å²) in [6.45, 7) is 1.80. The molecule has 0 fully saturated rings. The molecule has 0 heterocycles. The summed E-state index contributed by atoms with van der Waals surface area (Å²) in [4.78, 5) is 27.2. The van der Waals surface area contributed by atoms with E-state index in [0.717, 1.165) is 5.56 Å². The average Bonchev–Trinajstić information content (AvgIpc) is 2.72. The van der Waals surface area contributed by atoms with Crippen LogP contribution in [-0.2, 0) is 9.59 Å². The Labute approximate surface area is 173 Å². The Kier molecular flexibility index (Phi) is 6.04. The van der Waals surface area contributed by atoms with Crippen LogP contribution in [-0.4, -0.2) is 18.9 Å². The molecule has 0 aromatic heterocycles. The Morgan fingerprint density at radius 2 is 1.62 bits per heavy atom. The molecule has 0 radical (unpaired) electrons. The van der Waals surface area contributed by atoms with Crippen LogP contribution in [0.5, 0.6) is 5.75 Å². The first kappa shape index (κ1) is 20.2. The number of halogens is 1.